The number of aromatic nitrogens is 2. The molecule has 3 rings (SSSR count). The lowest BCUT2D eigenvalue weighted by Crippen LogP contribution is -2.05. The number of fused-ring (bicyclic) bond motifs is 1. The number of nitrogens with two attached hydrogens (primary N) is 1. The van der Waals surface area contributed by atoms with E-state index in [-0.39, 0.29) is 0 Å². The predicted molar refractivity (Wildman–Crippen MR) is 77.3 cm³/mol. The molecule has 2 aromatic heterocycles. The first-order chi connectivity index (χ1) is 10.5. The van der Waals surface area contributed by atoms with Gasteiger partial charge in [0.15, 0.2) is 0 Å². The van der Waals surface area contributed by atoms with Gasteiger partial charge in [-0.05, 0) is 29.3 Å². The number of nitrogens with zero attached hydrogens (tertiary/aromatic N) is 2. The maximum Gasteiger partial charge on any atom is 0.416 e. The third-order valence-corrected chi connectivity index (χ3v) is 3.54. The molecule has 0 spiro atoms. The molecule has 0 saturated heterocycles. The fourth-order valence-corrected chi connectivity index (χ4v) is 2.33. The van der Waals surface area contributed by atoms with Crippen molar-refractivity contribution >= 4 is 5.52 Å². The molecule has 0 atom stereocenters. The molecule has 0 fully saturated rings. The van der Waals surface area contributed by atoms with Crippen LogP contribution in [-0.4, -0.2) is 9.38 Å². The van der Waals surface area contributed by atoms with E-state index in [0.717, 1.165) is 34.6 Å². The minimum Gasteiger partial charge on any atom is -0.326 e. The fraction of sp³-hybridized carbons (Fsp3) is 0.188. The Hall–Kier alpha value is -2.34. The molecule has 0 aliphatic heterocycles. The van der Waals surface area contributed by atoms with Crippen molar-refractivity contribution in [1.29, 1.82) is 0 Å². The lowest BCUT2D eigenvalue weighted by Gasteiger charge is -2.08. The van der Waals surface area contributed by atoms with Gasteiger partial charge in [0.25, 0.3) is 0 Å². The van der Waals surface area contributed by atoms with Crippen LogP contribution in [0, 0.1) is 0 Å². The van der Waals surface area contributed by atoms with Crippen LogP contribution in [0.5, 0.6) is 0 Å². The molecule has 0 amide bonds. The lowest BCUT2D eigenvalue weighted by molar-refractivity contribution is -0.137. The zero-order valence-corrected chi connectivity index (χ0v) is 11.6. The van der Waals surface area contributed by atoms with Crippen molar-refractivity contribution in [2.24, 2.45) is 5.73 Å². The molecule has 0 radical (unpaired) electrons. The van der Waals surface area contributed by atoms with E-state index in [1.54, 1.807) is 6.20 Å². The maximum absolute atomic E-state index is 12.6. The highest BCUT2D eigenvalue weighted by atomic mass is 19.4. The summed E-state index contributed by atoms with van der Waals surface area (Å²) in [5, 5.41) is 0. The van der Waals surface area contributed by atoms with Crippen molar-refractivity contribution in [3.63, 3.8) is 0 Å². The van der Waals surface area contributed by atoms with E-state index in [4.69, 9.17) is 5.73 Å². The van der Waals surface area contributed by atoms with Gasteiger partial charge in [0.1, 0.15) is 5.82 Å². The monoisotopic (exact) mass is 305 g/mol. The largest absolute Gasteiger partial charge is 0.416 e. The third-order valence-electron chi connectivity index (χ3n) is 3.54. The molecule has 22 heavy (non-hydrogen) atoms. The molecular weight excluding hydrogens is 291 g/mol. The second kappa shape index (κ2) is 5.46. The minimum atomic E-state index is -4.31. The van der Waals surface area contributed by atoms with Crippen molar-refractivity contribution < 1.29 is 13.2 Å². The van der Waals surface area contributed by atoms with Crippen molar-refractivity contribution in [2.45, 2.75) is 19.1 Å². The van der Waals surface area contributed by atoms with Gasteiger partial charge in [0.05, 0.1) is 17.3 Å². The van der Waals surface area contributed by atoms with E-state index in [0.29, 0.717) is 13.0 Å². The Labute approximate surface area is 125 Å². The van der Waals surface area contributed by atoms with Gasteiger partial charge in [-0.1, -0.05) is 18.2 Å². The molecule has 0 aliphatic rings. The zero-order valence-electron chi connectivity index (χ0n) is 11.6. The molecule has 0 unspecified atom stereocenters. The number of hydrogen-bond donors (Lipinski definition) is 1. The number of halogens is 3. The van der Waals surface area contributed by atoms with E-state index in [2.05, 4.69) is 4.98 Å². The second-order valence-corrected chi connectivity index (χ2v) is 5.08. The standard InChI is InChI=1S/C16H14F3N3/c17-16(18,19)13-4-1-11(2-5-13)7-15-21-9-14-6-3-12(8-20)10-22(14)15/h1-6,9-10H,7-8,20H2. The summed E-state index contributed by atoms with van der Waals surface area (Å²) >= 11 is 0. The van der Waals surface area contributed by atoms with E-state index in [1.165, 1.54) is 12.1 Å². The fourth-order valence-electron chi connectivity index (χ4n) is 2.33. The number of imidazole rings is 1. The first kappa shape index (κ1) is 14.6. The van der Waals surface area contributed by atoms with Gasteiger partial charge in [0.2, 0.25) is 0 Å². The van der Waals surface area contributed by atoms with E-state index in [1.807, 2.05) is 22.7 Å². The molecule has 6 heteroatoms. The first-order valence-electron chi connectivity index (χ1n) is 6.78. The van der Waals surface area contributed by atoms with Crippen molar-refractivity contribution in [3.8, 4) is 0 Å². The van der Waals surface area contributed by atoms with Crippen LogP contribution in [0.2, 0.25) is 0 Å². The average Bonchev–Trinajstić information content (AvgIpc) is 2.89. The molecule has 2 N–H and O–H groups in total. The summed E-state index contributed by atoms with van der Waals surface area (Å²) in [7, 11) is 0. The van der Waals surface area contributed by atoms with Gasteiger partial charge in [-0.2, -0.15) is 13.2 Å². The van der Waals surface area contributed by atoms with Crippen LogP contribution in [-0.2, 0) is 19.1 Å². The minimum absolute atomic E-state index is 0.424. The summed E-state index contributed by atoms with van der Waals surface area (Å²) in [4.78, 5) is 4.34. The molecule has 114 valence electrons. The van der Waals surface area contributed by atoms with E-state index >= 15 is 0 Å². The highest BCUT2D eigenvalue weighted by Gasteiger charge is 2.29. The molecule has 3 nitrogen and oxygen atoms in total. The summed E-state index contributed by atoms with van der Waals surface area (Å²) in [5.41, 5.74) is 7.66. The maximum atomic E-state index is 12.6. The summed E-state index contributed by atoms with van der Waals surface area (Å²) in [6.45, 7) is 0.424. The van der Waals surface area contributed by atoms with Crippen LogP contribution in [0.4, 0.5) is 13.2 Å². The molecule has 0 aliphatic carbocycles. The van der Waals surface area contributed by atoms with E-state index < -0.39 is 11.7 Å². The van der Waals surface area contributed by atoms with Crippen LogP contribution in [0.15, 0.2) is 48.8 Å². The van der Waals surface area contributed by atoms with E-state index in [9.17, 15) is 13.2 Å². The van der Waals surface area contributed by atoms with Crippen molar-refractivity contribution in [2.75, 3.05) is 0 Å². The average molecular weight is 305 g/mol. The Bertz CT molecular complexity index is 788. The Morgan fingerprint density at radius 2 is 1.68 bits per heavy atom. The molecule has 3 aromatic rings. The second-order valence-electron chi connectivity index (χ2n) is 5.08. The van der Waals surface area contributed by atoms with Crippen molar-refractivity contribution in [1.82, 2.24) is 9.38 Å². The van der Waals surface area contributed by atoms with Gasteiger partial charge in [-0.3, -0.25) is 0 Å². The smallest absolute Gasteiger partial charge is 0.326 e. The number of benzene rings is 1. The quantitative estimate of drug-likeness (QED) is 0.806. The molecule has 0 bridgehead atoms. The highest BCUT2D eigenvalue weighted by molar-refractivity contribution is 5.47. The number of alkyl halides is 3. The zero-order chi connectivity index (χ0) is 15.7. The van der Waals surface area contributed by atoms with Gasteiger partial charge in [-0.15, -0.1) is 0 Å². The van der Waals surface area contributed by atoms with Crippen LogP contribution in [0.1, 0.15) is 22.5 Å². The highest BCUT2D eigenvalue weighted by Crippen LogP contribution is 2.29. The number of pyridine rings is 1. The first-order valence-corrected chi connectivity index (χ1v) is 6.78. The Morgan fingerprint density at radius 1 is 1.00 bits per heavy atom. The van der Waals surface area contributed by atoms with Gasteiger partial charge in [0, 0.05) is 19.2 Å². The summed E-state index contributed by atoms with van der Waals surface area (Å²) in [5.74, 6) is 0.769. The topological polar surface area (TPSA) is 43.3 Å². The van der Waals surface area contributed by atoms with Crippen LogP contribution < -0.4 is 5.73 Å². The third kappa shape index (κ3) is 2.82. The van der Waals surface area contributed by atoms with Gasteiger partial charge < -0.3 is 10.1 Å². The Kier molecular flexibility index (Phi) is 3.62. The molecular formula is C16H14F3N3. The van der Waals surface area contributed by atoms with Gasteiger partial charge >= 0.3 is 6.18 Å². The van der Waals surface area contributed by atoms with Crippen LogP contribution in [0.25, 0.3) is 5.52 Å². The van der Waals surface area contributed by atoms with Crippen LogP contribution in [0.3, 0.4) is 0 Å². The summed E-state index contributed by atoms with van der Waals surface area (Å²) in [6, 6.07) is 9.00. The molecule has 2 heterocycles. The SMILES string of the molecule is NCc1ccc2cnc(Cc3ccc(C(F)(F)F)cc3)n2c1. The van der Waals surface area contributed by atoms with Crippen molar-refractivity contribution in [3.05, 3.63) is 71.3 Å². The van der Waals surface area contributed by atoms with Crippen LogP contribution >= 0.6 is 0 Å². The number of hydrogen-bond acceptors (Lipinski definition) is 2. The summed E-state index contributed by atoms with van der Waals surface area (Å²) in [6.07, 6.45) is -0.212. The summed E-state index contributed by atoms with van der Waals surface area (Å²) < 4.78 is 39.6. The normalized spacial score (nSPS) is 12.0. The molecule has 0 saturated carbocycles. The number of rotatable bonds is 3. The molecule has 1 aromatic carbocycles. The Balaban J connectivity index is 1.90. The lowest BCUT2D eigenvalue weighted by atomic mass is 10.1. The Morgan fingerprint density at radius 3 is 2.32 bits per heavy atom. The van der Waals surface area contributed by atoms with Gasteiger partial charge in [-0.25, -0.2) is 4.98 Å². The predicted octanol–water partition coefficient (Wildman–Crippen LogP) is 3.40.